The lowest BCUT2D eigenvalue weighted by Gasteiger charge is -2.40. The van der Waals surface area contributed by atoms with Crippen molar-refractivity contribution >= 4 is 24.9 Å². The number of carbonyl (C=O) groups is 3. The molecular weight excluding hydrogens is 417 g/mol. The molecular formula is C21H32BN3O7. The van der Waals surface area contributed by atoms with E-state index in [1.165, 1.54) is 0 Å². The SMILES string of the molecule is CC1=C(/C(C(=O)O)=C(\C)OC2CN(C(=O)C[C@H]3CNC(C(=O)N(C)C)C3)C2)OB(O)CC1. The lowest BCUT2D eigenvalue weighted by molar-refractivity contribution is -0.144. The minimum Gasteiger partial charge on any atom is -0.535 e. The van der Waals surface area contributed by atoms with Crippen LogP contribution in [-0.2, 0) is 23.8 Å². The Labute approximate surface area is 188 Å². The number of aliphatic carboxylic acids is 1. The molecule has 0 aliphatic carbocycles. The Hall–Kier alpha value is -2.53. The summed E-state index contributed by atoms with van der Waals surface area (Å²) in [4.78, 5) is 39.7. The van der Waals surface area contributed by atoms with Gasteiger partial charge in [0.05, 0.1) is 19.1 Å². The molecule has 2 saturated heterocycles. The molecule has 32 heavy (non-hydrogen) atoms. The highest BCUT2D eigenvalue weighted by Crippen LogP contribution is 2.30. The minimum absolute atomic E-state index is 0.00646. The summed E-state index contributed by atoms with van der Waals surface area (Å²) in [6.45, 7) is 4.73. The molecule has 0 bridgehead atoms. The molecule has 3 aliphatic rings. The monoisotopic (exact) mass is 449 g/mol. The lowest BCUT2D eigenvalue weighted by atomic mass is 9.78. The number of hydrogen-bond acceptors (Lipinski definition) is 7. The average molecular weight is 449 g/mol. The van der Waals surface area contributed by atoms with Crippen molar-refractivity contribution in [3.05, 3.63) is 22.7 Å². The van der Waals surface area contributed by atoms with Crippen LogP contribution in [-0.4, -0.2) is 90.7 Å². The first kappa shape index (κ1) is 24.1. The molecule has 3 rings (SSSR count). The number of amides is 2. The van der Waals surface area contributed by atoms with Crippen molar-refractivity contribution in [1.29, 1.82) is 0 Å². The van der Waals surface area contributed by atoms with Gasteiger partial charge in [-0.15, -0.1) is 0 Å². The van der Waals surface area contributed by atoms with E-state index in [1.54, 1.807) is 37.7 Å². The summed E-state index contributed by atoms with van der Waals surface area (Å²) in [6.07, 6.45) is 1.67. The topological polar surface area (TPSA) is 129 Å². The number of nitrogens with zero attached hydrogens (tertiary/aromatic N) is 2. The van der Waals surface area contributed by atoms with Crippen LogP contribution in [0.3, 0.4) is 0 Å². The van der Waals surface area contributed by atoms with E-state index in [-0.39, 0.29) is 47.0 Å². The van der Waals surface area contributed by atoms with Crippen molar-refractivity contribution in [1.82, 2.24) is 15.1 Å². The molecule has 3 N–H and O–H groups in total. The number of nitrogens with one attached hydrogen (secondary N) is 1. The number of likely N-dealkylation sites (N-methyl/N-ethyl adjacent to an activating group) is 1. The summed E-state index contributed by atoms with van der Waals surface area (Å²) in [5.41, 5.74) is 0.650. The lowest BCUT2D eigenvalue weighted by Crippen LogP contribution is -2.55. The van der Waals surface area contributed by atoms with Gasteiger partial charge in [-0.3, -0.25) is 9.59 Å². The van der Waals surface area contributed by atoms with Gasteiger partial charge in [0.2, 0.25) is 11.8 Å². The van der Waals surface area contributed by atoms with Crippen LogP contribution in [0.5, 0.6) is 0 Å². The summed E-state index contributed by atoms with van der Waals surface area (Å²) in [7, 11) is 2.40. The fourth-order valence-corrected chi connectivity index (χ4v) is 4.29. The predicted molar refractivity (Wildman–Crippen MR) is 116 cm³/mol. The third-order valence-corrected chi connectivity index (χ3v) is 6.17. The highest BCUT2D eigenvalue weighted by Gasteiger charge is 2.37. The molecule has 10 nitrogen and oxygen atoms in total. The van der Waals surface area contributed by atoms with Crippen LogP contribution >= 0.6 is 0 Å². The zero-order chi connectivity index (χ0) is 23.6. The van der Waals surface area contributed by atoms with Crippen molar-refractivity contribution in [2.45, 2.75) is 51.6 Å². The molecule has 2 amide bonds. The van der Waals surface area contributed by atoms with Crippen LogP contribution < -0.4 is 5.32 Å². The normalized spacial score (nSPS) is 24.5. The van der Waals surface area contributed by atoms with Gasteiger partial charge >= 0.3 is 13.1 Å². The number of carboxylic acid groups (broad SMARTS) is 1. The van der Waals surface area contributed by atoms with E-state index in [2.05, 4.69) is 5.32 Å². The Morgan fingerprint density at radius 3 is 2.62 bits per heavy atom. The Morgan fingerprint density at radius 1 is 1.31 bits per heavy atom. The van der Waals surface area contributed by atoms with E-state index in [0.717, 1.165) is 5.57 Å². The summed E-state index contributed by atoms with van der Waals surface area (Å²) in [5, 5.41) is 22.6. The first-order valence-corrected chi connectivity index (χ1v) is 10.9. The zero-order valence-electron chi connectivity index (χ0n) is 19.1. The molecule has 2 atom stereocenters. The van der Waals surface area contributed by atoms with Crippen LogP contribution in [0.4, 0.5) is 0 Å². The fraction of sp³-hybridized carbons (Fsp3) is 0.667. The van der Waals surface area contributed by atoms with Gasteiger partial charge in [-0.1, -0.05) is 0 Å². The number of hydrogen-bond donors (Lipinski definition) is 3. The molecule has 3 heterocycles. The maximum absolute atomic E-state index is 12.6. The molecule has 2 fully saturated rings. The van der Waals surface area contributed by atoms with Gasteiger partial charge in [0.25, 0.3) is 0 Å². The van der Waals surface area contributed by atoms with Crippen molar-refractivity contribution < 1.29 is 33.9 Å². The minimum atomic E-state index is -1.19. The maximum Gasteiger partial charge on any atom is 0.522 e. The highest BCUT2D eigenvalue weighted by molar-refractivity contribution is 6.43. The van der Waals surface area contributed by atoms with E-state index in [0.29, 0.717) is 45.2 Å². The molecule has 0 aromatic heterocycles. The van der Waals surface area contributed by atoms with E-state index in [9.17, 15) is 24.5 Å². The number of rotatable bonds is 7. The molecule has 3 aliphatic heterocycles. The van der Waals surface area contributed by atoms with Gasteiger partial charge in [0, 0.05) is 20.5 Å². The summed E-state index contributed by atoms with van der Waals surface area (Å²) < 4.78 is 11.2. The standard InChI is InChI=1S/C21H32BN3O7/c1-12-5-6-22(30)32-19(12)18(21(28)29)13(2)31-15-10-25(11-15)17(26)8-14-7-16(23-9-14)20(27)24(3)4/h14-16,23,30H,5-11H2,1-4H3,(H,28,29)/b18-13-/t14-,16?/m0/s1. The first-order valence-electron chi connectivity index (χ1n) is 10.9. The third-order valence-electron chi connectivity index (χ3n) is 6.17. The maximum atomic E-state index is 12.6. The van der Waals surface area contributed by atoms with E-state index in [4.69, 9.17) is 9.39 Å². The smallest absolute Gasteiger partial charge is 0.522 e. The first-order chi connectivity index (χ1) is 15.1. The summed E-state index contributed by atoms with van der Waals surface area (Å²) in [5.74, 6) is -0.699. The average Bonchev–Trinajstić information content (AvgIpc) is 3.14. The van der Waals surface area contributed by atoms with Gasteiger partial charge in [-0.25, -0.2) is 4.79 Å². The Balaban J connectivity index is 1.52. The molecule has 0 spiro atoms. The van der Waals surface area contributed by atoms with Crippen molar-refractivity contribution in [2.24, 2.45) is 5.92 Å². The van der Waals surface area contributed by atoms with Crippen molar-refractivity contribution in [3.8, 4) is 0 Å². The Kier molecular flexibility index (Phi) is 7.50. The largest absolute Gasteiger partial charge is 0.535 e. The zero-order valence-corrected chi connectivity index (χ0v) is 19.1. The summed E-state index contributed by atoms with van der Waals surface area (Å²) >= 11 is 0. The van der Waals surface area contributed by atoms with E-state index < -0.39 is 13.1 Å². The second-order valence-corrected chi connectivity index (χ2v) is 8.99. The highest BCUT2D eigenvalue weighted by atomic mass is 16.5. The van der Waals surface area contributed by atoms with Gasteiger partial charge in [0.1, 0.15) is 23.2 Å². The Morgan fingerprint density at radius 2 is 2.00 bits per heavy atom. The van der Waals surface area contributed by atoms with Gasteiger partial charge in [-0.05, 0) is 51.0 Å². The molecule has 0 radical (unpaired) electrons. The molecule has 11 heteroatoms. The van der Waals surface area contributed by atoms with Crippen LogP contribution in [0, 0.1) is 5.92 Å². The van der Waals surface area contributed by atoms with Crippen LogP contribution in [0.1, 0.15) is 33.1 Å². The van der Waals surface area contributed by atoms with Crippen molar-refractivity contribution in [3.63, 3.8) is 0 Å². The molecule has 0 aromatic carbocycles. The van der Waals surface area contributed by atoms with E-state index >= 15 is 0 Å². The van der Waals surface area contributed by atoms with Gasteiger partial charge in [0.15, 0.2) is 0 Å². The predicted octanol–water partition coefficient (Wildman–Crippen LogP) is 0.204. The second-order valence-electron chi connectivity index (χ2n) is 8.99. The van der Waals surface area contributed by atoms with E-state index in [1.807, 2.05) is 0 Å². The number of likely N-dealkylation sites (tertiary alicyclic amines) is 1. The van der Waals surface area contributed by atoms with Crippen LogP contribution in [0.15, 0.2) is 22.7 Å². The number of allylic oxidation sites excluding steroid dienone is 2. The molecule has 0 aromatic rings. The van der Waals surface area contributed by atoms with Gasteiger partial charge < -0.3 is 34.6 Å². The van der Waals surface area contributed by atoms with Gasteiger partial charge in [-0.2, -0.15) is 0 Å². The fourth-order valence-electron chi connectivity index (χ4n) is 4.29. The Bertz CT molecular complexity index is 835. The van der Waals surface area contributed by atoms with Crippen LogP contribution in [0.25, 0.3) is 0 Å². The molecule has 1 unspecified atom stereocenters. The summed E-state index contributed by atoms with van der Waals surface area (Å²) in [6, 6.07) is -0.240. The molecule has 176 valence electrons. The molecule has 0 saturated carbocycles. The second kappa shape index (κ2) is 9.95. The van der Waals surface area contributed by atoms with Crippen LogP contribution in [0.2, 0.25) is 6.32 Å². The number of carboxylic acids is 1. The number of carbonyl (C=O) groups excluding carboxylic acids is 2. The van der Waals surface area contributed by atoms with Crippen molar-refractivity contribution in [2.75, 3.05) is 33.7 Å². The third kappa shape index (κ3) is 5.44. The quantitative estimate of drug-likeness (QED) is 0.286. The number of ether oxygens (including phenoxy) is 1.